The largest absolute Gasteiger partial charge is 0.368 e. The molecule has 6 nitrogen and oxygen atoms in total. The summed E-state index contributed by atoms with van der Waals surface area (Å²) in [6, 6.07) is 5.72. The van der Waals surface area contributed by atoms with Crippen molar-refractivity contribution < 1.29 is 4.79 Å². The SMILES string of the molecule is CC(C(N)=O)N1CCC(c2nnc3ccccn23)CC1. The van der Waals surface area contributed by atoms with Gasteiger partial charge >= 0.3 is 0 Å². The summed E-state index contributed by atoms with van der Waals surface area (Å²) in [5, 5.41) is 8.53. The van der Waals surface area contributed by atoms with Crippen LogP contribution in [0.5, 0.6) is 0 Å². The molecular formula is C14H19N5O. The van der Waals surface area contributed by atoms with Crippen LogP contribution in [-0.4, -0.2) is 44.5 Å². The number of nitrogens with zero attached hydrogens (tertiary/aromatic N) is 4. The van der Waals surface area contributed by atoms with Crippen LogP contribution in [0.25, 0.3) is 5.65 Å². The van der Waals surface area contributed by atoms with Crippen LogP contribution in [0.3, 0.4) is 0 Å². The van der Waals surface area contributed by atoms with E-state index < -0.39 is 0 Å². The van der Waals surface area contributed by atoms with Crippen LogP contribution in [0.4, 0.5) is 0 Å². The minimum Gasteiger partial charge on any atom is -0.368 e. The number of nitrogens with two attached hydrogens (primary N) is 1. The molecule has 2 N–H and O–H groups in total. The van der Waals surface area contributed by atoms with E-state index in [2.05, 4.69) is 19.5 Å². The zero-order chi connectivity index (χ0) is 14.1. The molecule has 2 aromatic heterocycles. The Bertz CT molecular complexity index is 615. The maximum absolute atomic E-state index is 11.2. The molecule has 1 saturated heterocycles. The second kappa shape index (κ2) is 5.20. The number of carbonyl (C=O) groups is 1. The molecule has 1 unspecified atom stereocenters. The lowest BCUT2D eigenvalue weighted by Crippen LogP contribution is -2.46. The molecule has 20 heavy (non-hydrogen) atoms. The van der Waals surface area contributed by atoms with Crippen molar-refractivity contribution in [3.05, 3.63) is 30.2 Å². The van der Waals surface area contributed by atoms with Gasteiger partial charge in [0, 0.05) is 12.1 Å². The van der Waals surface area contributed by atoms with Gasteiger partial charge in [0.25, 0.3) is 0 Å². The van der Waals surface area contributed by atoms with E-state index in [0.717, 1.165) is 37.4 Å². The van der Waals surface area contributed by atoms with Crippen LogP contribution in [0.15, 0.2) is 24.4 Å². The molecule has 6 heteroatoms. The Morgan fingerprint density at radius 1 is 1.35 bits per heavy atom. The molecule has 1 aliphatic rings. The first-order valence-corrected chi connectivity index (χ1v) is 7.00. The summed E-state index contributed by atoms with van der Waals surface area (Å²) >= 11 is 0. The maximum Gasteiger partial charge on any atom is 0.234 e. The van der Waals surface area contributed by atoms with Crippen LogP contribution in [-0.2, 0) is 4.79 Å². The number of primary amides is 1. The highest BCUT2D eigenvalue weighted by atomic mass is 16.1. The highest BCUT2D eigenvalue weighted by Gasteiger charge is 2.28. The molecule has 0 spiro atoms. The standard InChI is InChI=1S/C14H19N5O/c1-10(13(15)20)18-8-5-11(6-9-18)14-17-16-12-4-2-3-7-19(12)14/h2-4,7,10-11H,5-6,8-9H2,1H3,(H2,15,20). The predicted octanol–water partition coefficient (Wildman–Crippen LogP) is 0.782. The number of fused-ring (bicyclic) bond motifs is 1. The highest BCUT2D eigenvalue weighted by Crippen LogP contribution is 2.27. The summed E-state index contributed by atoms with van der Waals surface area (Å²) in [6.07, 6.45) is 3.96. The monoisotopic (exact) mass is 273 g/mol. The Hall–Kier alpha value is -1.95. The van der Waals surface area contributed by atoms with E-state index in [0.29, 0.717) is 5.92 Å². The summed E-state index contributed by atoms with van der Waals surface area (Å²) < 4.78 is 2.05. The highest BCUT2D eigenvalue weighted by molar-refractivity contribution is 5.79. The average Bonchev–Trinajstić information content (AvgIpc) is 2.90. The third kappa shape index (κ3) is 2.27. The molecule has 1 atom stereocenters. The van der Waals surface area contributed by atoms with Crippen molar-refractivity contribution >= 4 is 11.6 Å². The quantitative estimate of drug-likeness (QED) is 0.896. The first-order valence-electron chi connectivity index (χ1n) is 7.00. The zero-order valence-electron chi connectivity index (χ0n) is 11.6. The van der Waals surface area contributed by atoms with E-state index >= 15 is 0 Å². The van der Waals surface area contributed by atoms with Gasteiger partial charge in [0.15, 0.2) is 5.65 Å². The smallest absolute Gasteiger partial charge is 0.234 e. The third-order valence-electron chi connectivity index (χ3n) is 4.19. The third-order valence-corrected chi connectivity index (χ3v) is 4.19. The summed E-state index contributed by atoms with van der Waals surface area (Å²) in [4.78, 5) is 13.4. The molecule has 0 bridgehead atoms. The molecule has 1 aliphatic heterocycles. The Labute approximate surface area is 117 Å². The summed E-state index contributed by atoms with van der Waals surface area (Å²) in [6.45, 7) is 3.61. The first kappa shape index (κ1) is 13.1. The Kier molecular flexibility index (Phi) is 3.40. The van der Waals surface area contributed by atoms with Gasteiger partial charge in [-0.05, 0) is 45.0 Å². The number of carbonyl (C=O) groups excluding carboxylic acids is 1. The molecule has 1 fully saturated rings. The van der Waals surface area contributed by atoms with Gasteiger partial charge in [-0.3, -0.25) is 14.1 Å². The molecule has 2 aromatic rings. The molecule has 0 aromatic carbocycles. The molecule has 3 heterocycles. The first-order chi connectivity index (χ1) is 9.66. The van der Waals surface area contributed by atoms with Gasteiger partial charge in [-0.15, -0.1) is 10.2 Å². The van der Waals surface area contributed by atoms with Gasteiger partial charge in [-0.2, -0.15) is 0 Å². The fourth-order valence-corrected chi connectivity index (χ4v) is 2.86. The van der Waals surface area contributed by atoms with E-state index in [9.17, 15) is 4.79 Å². The molecule has 106 valence electrons. The molecule has 3 rings (SSSR count). The number of pyridine rings is 1. The molecule has 0 aliphatic carbocycles. The second-order valence-electron chi connectivity index (χ2n) is 5.38. The van der Waals surface area contributed by atoms with Crippen LogP contribution in [0, 0.1) is 0 Å². The normalized spacial score (nSPS) is 19.2. The van der Waals surface area contributed by atoms with Crippen LogP contribution >= 0.6 is 0 Å². The van der Waals surface area contributed by atoms with Crippen molar-refractivity contribution in [1.29, 1.82) is 0 Å². The summed E-state index contributed by atoms with van der Waals surface area (Å²) in [5.74, 6) is 1.16. The van der Waals surface area contributed by atoms with E-state index in [-0.39, 0.29) is 11.9 Å². The molecule has 1 amide bonds. The number of amides is 1. The lowest BCUT2D eigenvalue weighted by atomic mass is 9.95. The fraction of sp³-hybridized carbons (Fsp3) is 0.500. The number of rotatable bonds is 3. The number of hydrogen-bond donors (Lipinski definition) is 1. The van der Waals surface area contributed by atoms with Crippen molar-refractivity contribution in [3.63, 3.8) is 0 Å². The topological polar surface area (TPSA) is 76.5 Å². The lowest BCUT2D eigenvalue weighted by molar-refractivity contribution is -0.123. The minimum atomic E-state index is -0.253. The van der Waals surface area contributed by atoms with Gasteiger partial charge in [-0.25, -0.2) is 0 Å². The van der Waals surface area contributed by atoms with E-state index in [1.54, 1.807) is 0 Å². The Balaban J connectivity index is 1.74. The van der Waals surface area contributed by atoms with Crippen molar-refractivity contribution in [3.8, 4) is 0 Å². The van der Waals surface area contributed by atoms with Gasteiger partial charge in [0.2, 0.25) is 5.91 Å². The lowest BCUT2D eigenvalue weighted by Gasteiger charge is -2.33. The van der Waals surface area contributed by atoms with Crippen LogP contribution in [0.2, 0.25) is 0 Å². The van der Waals surface area contributed by atoms with Gasteiger partial charge < -0.3 is 5.73 Å². The van der Waals surface area contributed by atoms with Crippen LogP contribution in [0.1, 0.15) is 31.5 Å². The van der Waals surface area contributed by atoms with Crippen molar-refractivity contribution in [2.75, 3.05) is 13.1 Å². The molecular weight excluding hydrogens is 254 g/mol. The van der Waals surface area contributed by atoms with E-state index in [4.69, 9.17) is 5.73 Å². The van der Waals surface area contributed by atoms with Gasteiger partial charge in [-0.1, -0.05) is 6.07 Å². The second-order valence-corrected chi connectivity index (χ2v) is 5.38. The summed E-state index contributed by atoms with van der Waals surface area (Å²) in [5.41, 5.74) is 6.25. The zero-order valence-corrected chi connectivity index (χ0v) is 11.6. The van der Waals surface area contributed by atoms with E-state index in [1.807, 2.05) is 31.3 Å². The van der Waals surface area contributed by atoms with Crippen molar-refractivity contribution in [2.24, 2.45) is 5.73 Å². The fourth-order valence-electron chi connectivity index (χ4n) is 2.86. The van der Waals surface area contributed by atoms with Crippen molar-refractivity contribution in [1.82, 2.24) is 19.5 Å². The van der Waals surface area contributed by atoms with Crippen molar-refractivity contribution in [2.45, 2.75) is 31.7 Å². The Morgan fingerprint density at radius 2 is 2.10 bits per heavy atom. The Morgan fingerprint density at radius 3 is 2.80 bits per heavy atom. The number of piperidine rings is 1. The van der Waals surface area contributed by atoms with Gasteiger partial charge in [0.1, 0.15) is 5.82 Å². The number of likely N-dealkylation sites (tertiary alicyclic amines) is 1. The maximum atomic E-state index is 11.2. The molecule has 0 saturated carbocycles. The number of hydrogen-bond acceptors (Lipinski definition) is 4. The predicted molar refractivity (Wildman–Crippen MR) is 75.2 cm³/mol. The minimum absolute atomic E-state index is 0.189. The average molecular weight is 273 g/mol. The van der Waals surface area contributed by atoms with E-state index in [1.165, 1.54) is 0 Å². The number of aromatic nitrogens is 3. The van der Waals surface area contributed by atoms with Crippen LogP contribution < -0.4 is 5.73 Å². The van der Waals surface area contributed by atoms with Gasteiger partial charge in [0.05, 0.1) is 6.04 Å². The summed E-state index contributed by atoms with van der Waals surface area (Å²) in [7, 11) is 0. The molecule has 0 radical (unpaired) electrons.